The Morgan fingerprint density at radius 1 is 0.971 bits per heavy atom. The number of hydrogen-bond donors (Lipinski definition) is 3. The van der Waals surface area contributed by atoms with Gasteiger partial charge in [0.1, 0.15) is 23.8 Å². The van der Waals surface area contributed by atoms with Gasteiger partial charge in [0.2, 0.25) is 5.91 Å². The lowest BCUT2D eigenvalue weighted by atomic mass is 10.1. The highest BCUT2D eigenvalue weighted by atomic mass is 35.5. The third-order valence-corrected chi connectivity index (χ3v) is 5.63. The Bertz CT molecular complexity index is 1170. The van der Waals surface area contributed by atoms with Crippen LogP contribution >= 0.6 is 11.6 Å². The molecule has 0 bridgehead atoms. The average molecular weight is 481 g/mol. The number of nitrogens with one attached hydrogen (secondary N) is 3. The van der Waals surface area contributed by atoms with Crippen molar-refractivity contribution in [3.63, 3.8) is 0 Å². The first-order chi connectivity index (χ1) is 16.5. The van der Waals surface area contributed by atoms with Crippen LogP contribution in [0.5, 0.6) is 0 Å². The van der Waals surface area contributed by atoms with E-state index in [0.29, 0.717) is 23.0 Å². The Hall–Kier alpha value is -3.49. The van der Waals surface area contributed by atoms with Gasteiger partial charge in [0.25, 0.3) is 0 Å². The third kappa shape index (κ3) is 7.00. The first-order valence-corrected chi connectivity index (χ1v) is 11.5. The van der Waals surface area contributed by atoms with Crippen molar-refractivity contribution < 1.29 is 9.18 Å². The maximum Gasteiger partial charge on any atom is 0.248 e. The van der Waals surface area contributed by atoms with Gasteiger partial charge in [-0.2, -0.15) is 0 Å². The van der Waals surface area contributed by atoms with Crippen molar-refractivity contribution in [1.29, 1.82) is 0 Å². The molecular formula is C25H26ClFN6O. The zero-order chi connectivity index (χ0) is 23.8. The lowest BCUT2D eigenvalue weighted by Crippen LogP contribution is -2.29. The number of benzene rings is 2. The minimum atomic E-state index is -0.485. The second kappa shape index (κ2) is 11.6. The van der Waals surface area contributed by atoms with E-state index in [4.69, 9.17) is 11.6 Å². The van der Waals surface area contributed by atoms with Crippen LogP contribution in [0.1, 0.15) is 19.3 Å². The summed E-state index contributed by atoms with van der Waals surface area (Å²) in [4.78, 5) is 23.1. The minimum absolute atomic E-state index is 0.0256. The molecule has 3 aromatic rings. The maximum atomic E-state index is 13.4. The Morgan fingerprint density at radius 2 is 1.68 bits per heavy atom. The first-order valence-electron chi connectivity index (χ1n) is 11.2. The number of amides is 1. The first kappa shape index (κ1) is 23.7. The molecule has 1 fully saturated rings. The van der Waals surface area contributed by atoms with E-state index in [1.165, 1.54) is 37.7 Å². The third-order valence-electron chi connectivity index (χ3n) is 5.34. The SMILES string of the molecule is O=C(C=CCN1CCCCC1)Nc1cccc(Nc2cc(Nc3ccc(F)c(Cl)c3)ncn2)c1. The average Bonchev–Trinajstić information content (AvgIpc) is 2.83. The molecule has 1 aromatic heterocycles. The number of rotatable bonds is 8. The number of nitrogens with zero attached hydrogens (tertiary/aromatic N) is 3. The molecule has 4 rings (SSSR count). The van der Waals surface area contributed by atoms with Crippen molar-refractivity contribution in [3.8, 4) is 0 Å². The van der Waals surface area contributed by atoms with Crippen molar-refractivity contribution in [2.45, 2.75) is 19.3 Å². The van der Waals surface area contributed by atoms with Crippen LogP contribution in [0.25, 0.3) is 0 Å². The molecule has 0 spiro atoms. The number of anilines is 5. The Morgan fingerprint density at radius 3 is 2.41 bits per heavy atom. The summed E-state index contributed by atoms with van der Waals surface area (Å²) >= 11 is 5.84. The molecule has 1 aliphatic heterocycles. The number of carbonyl (C=O) groups is 1. The molecule has 3 N–H and O–H groups in total. The summed E-state index contributed by atoms with van der Waals surface area (Å²) in [6.45, 7) is 2.98. The monoisotopic (exact) mass is 480 g/mol. The normalized spacial score (nSPS) is 14.2. The van der Waals surface area contributed by atoms with Gasteiger partial charge in [-0.25, -0.2) is 14.4 Å². The highest BCUT2D eigenvalue weighted by Gasteiger charge is 2.08. The summed E-state index contributed by atoms with van der Waals surface area (Å²) in [5.41, 5.74) is 2.03. The molecule has 176 valence electrons. The number of hydrogen-bond acceptors (Lipinski definition) is 6. The van der Waals surface area contributed by atoms with E-state index in [1.807, 2.05) is 30.3 Å². The molecule has 0 radical (unpaired) electrons. The van der Waals surface area contributed by atoms with E-state index in [9.17, 15) is 9.18 Å². The van der Waals surface area contributed by atoms with Crippen LogP contribution < -0.4 is 16.0 Å². The van der Waals surface area contributed by atoms with Crippen LogP contribution in [0.3, 0.4) is 0 Å². The van der Waals surface area contributed by atoms with E-state index >= 15 is 0 Å². The van der Waals surface area contributed by atoms with Crippen molar-refractivity contribution in [2.75, 3.05) is 35.6 Å². The highest BCUT2D eigenvalue weighted by Crippen LogP contribution is 2.24. The van der Waals surface area contributed by atoms with Crippen LogP contribution in [0.2, 0.25) is 5.02 Å². The number of halogens is 2. The second-order valence-corrected chi connectivity index (χ2v) is 8.41. The number of likely N-dealkylation sites (tertiary alicyclic amines) is 1. The van der Waals surface area contributed by atoms with Gasteiger partial charge in [-0.3, -0.25) is 9.69 Å². The minimum Gasteiger partial charge on any atom is -0.340 e. The lowest BCUT2D eigenvalue weighted by Gasteiger charge is -2.24. The zero-order valence-electron chi connectivity index (χ0n) is 18.6. The highest BCUT2D eigenvalue weighted by molar-refractivity contribution is 6.31. The van der Waals surface area contributed by atoms with Crippen LogP contribution in [0.4, 0.5) is 33.1 Å². The standard InChI is InChI=1S/C25H26ClFN6O/c26-21-15-20(9-10-22(21)27)31-24-16-23(28-17-29-24)30-18-6-4-7-19(14-18)32-25(34)8-5-13-33-11-2-1-3-12-33/h4-10,14-17H,1-3,11-13H2,(H,32,34)(H2,28,29,30,31). The Kier molecular flexibility index (Phi) is 8.06. The van der Waals surface area contributed by atoms with E-state index < -0.39 is 5.82 Å². The fraction of sp³-hybridized carbons (Fsp3) is 0.240. The van der Waals surface area contributed by atoms with Gasteiger partial charge in [-0.05, 0) is 62.3 Å². The molecule has 0 saturated carbocycles. The fourth-order valence-corrected chi connectivity index (χ4v) is 3.85. The quantitative estimate of drug-likeness (QED) is 0.357. The smallest absolute Gasteiger partial charge is 0.248 e. The van der Waals surface area contributed by atoms with Crippen LogP contribution in [-0.4, -0.2) is 40.4 Å². The zero-order valence-corrected chi connectivity index (χ0v) is 19.4. The van der Waals surface area contributed by atoms with E-state index in [2.05, 4.69) is 30.8 Å². The molecule has 2 aromatic carbocycles. The molecule has 9 heteroatoms. The molecule has 34 heavy (non-hydrogen) atoms. The van der Waals surface area contributed by atoms with Crippen molar-refractivity contribution in [3.05, 3.63) is 77.9 Å². The van der Waals surface area contributed by atoms with Gasteiger partial charge < -0.3 is 16.0 Å². The molecule has 0 unspecified atom stereocenters. The summed E-state index contributed by atoms with van der Waals surface area (Å²) in [7, 11) is 0. The topological polar surface area (TPSA) is 82.2 Å². The van der Waals surface area contributed by atoms with Gasteiger partial charge in [-0.15, -0.1) is 0 Å². The van der Waals surface area contributed by atoms with E-state index in [1.54, 1.807) is 18.2 Å². The van der Waals surface area contributed by atoms with Crippen molar-refractivity contribution in [2.24, 2.45) is 0 Å². The van der Waals surface area contributed by atoms with Gasteiger partial charge in [0.05, 0.1) is 5.02 Å². The van der Waals surface area contributed by atoms with Crippen LogP contribution in [-0.2, 0) is 4.79 Å². The summed E-state index contributed by atoms with van der Waals surface area (Å²) in [6.07, 6.45) is 8.65. The molecule has 0 aliphatic carbocycles. The molecular weight excluding hydrogens is 455 g/mol. The Balaban J connectivity index is 1.34. The molecule has 1 aliphatic rings. The fourth-order valence-electron chi connectivity index (χ4n) is 3.67. The predicted molar refractivity (Wildman–Crippen MR) is 135 cm³/mol. The predicted octanol–water partition coefficient (Wildman–Crippen LogP) is 5.74. The van der Waals surface area contributed by atoms with Gasteiger partial charge in [0, 0.05) is 35.7 Å². The second-order valence-electron chi connectivity index (χ2n) is 8.00. The van der Waals surface area contributed by atoms with Gasteiger partial charge >= 0.3 is 0 Å². The molecule has 1 amide bonds. The van der Waals surface area contributed by atoms with E-state index in [0.717, 1.165) is 25.3 Å². The lowest BCUT2D eigenvalue weighted by molar-refractivity contribution is -0.111. The van der Waals surface area contributed by atoms with Crippen LogP contribution in [0, 0.1) is 5.82 Å². The summed E-state index contributed by atoms with van der Waals surface area (Å²) < 4.78 is 13.4. The summed E-state index contributed by atoms with van der Waals surface area (Å²) in [5, 5.41) is 9.18. The number of aromatic nitrogens is 2. The number of carbonyl (C=O) groups excluding carboxylic acids is 1. The van der Waals surface area contributed by atoms with Crippen molar-refractivity contribution in [1.82, 2.24) is 14.9 Å². The van der Waals surface area contributed by atoms with Crippen molar-refractivity contribution >= 4 is 46.2 Å². The molecule has 0 atom stereocenters. The molecule has 2 heterocycles. The molecule has 7 nitrogen and oxygen atoms in total. The van der Waals surface area contributed by atoms with Crippen LogP contribution in [0.15, 0.2) is 67.0 Å². The van der Waals surface area contributed by atoms with Gasteiger partial charge in [-0.1, -0.05) is 30.2 Å². The largest absolute Gasteiger partial charge is 0.340 e. The number of piperidine rings is 1. The van der Waals surface area contributed by atoms with E-state index in [-0.39, 0.29) is 10.9 Å². The molecule has 1 saturated heterocycles. The summed E-state index contributed by atoms with van der Waals surface area (Å²) in [5.74, 6) is 0.418. The van der Waals surface area contributed by atoms with Gasteiger partial charge in [0.15, 0.2) is 0 Å². The maximum absolute atomic E-state index is 13.4. The summed E-state index contributed by atoms with van der Waals surface area (Å²) in [6, 6.07) is 13.4. The Labute approximate surface area is 203 Å².